The fourth-order valence-electron chi connectivity index (χ4n) is 3.74. The van der Waals surface area contributed by atoms with E-state index in [1.54, 1.807) is 7.11 Å². The lowest BCUT2D eigenvalue weighted by Crippen LogP contribution is -2.41. The van der Waals surface area contributed by atoms with E-state index in [1.807, 2.05) is 0 Å². The number of methoxy groups -OCH3 is 1. The topological polar surface area (TPSA) is 55.6 Å². The van der Waals surface area contributed by atoms with Crippen molar-refractivity contribution in [2.75, 3.05) is 26.8 Å². The summed E-state index contributed by atoms with van der Waals surface area (Å²) in [6.07, 6.45) is 8.81. The maximum Gasteiger partial charge on any atom is 0.222 e. The van der Waals surface area contributed by atoms with Crippen LogP contribution >= 0.6 is 0 Å². The molecular weight excluding hydrogens is 252 g/mol. The van der Waals surface area contributed by atoms with Crippen LogP contribution in [0.25, 0.3) is 0 Å². The first-order valence-corrected chi connectivity index (χ1v) is 8.21. The summed E-state index contributed by atoms with van der Waals surface area (Å²) in [5, 5.41) is 0. The second-order valence-corrected chi connectivity index (χ2v) is 6.63. The predicted octanol–water partition coefficient (Wildman–Crippen LogP) is 2.17. The maximum absolute atomic E-state index is 12.3. The zero-order chi connectivity index (χ0) is 14.4. The average Bonchev–Trinajstić information content (AvgIpc) is 2.45. The van der Waals surface area contributed by atoms with Crippen molar-refractivity contribution in [3.63, 3.8) is 0 Å². The van der Waals surface area contributed by atoms with E-state index in [-0.39, 0.29) is 0 Å². The van der Waals surface area contributed by atoms with Gasteiger partial charge in [0.2, 0.25) is 5.91 Å². The first-order chi connectivity index (χ1) is 9.69. The Morgan fingerprint density at radius 2 is 2.05 bits per heavy atom. The van der Waals surface area contributed by atoms with Crippen molar-refractivity contribution in [2.24, 2.45) is 17.6 Å². The predicted molar refractivity (Wildman–Crippen MR) is 80.3 cm³/mol. The summed E-state index contributed by atoms with van der Waals surface area (Å²) in [6, 6.07) is 0.366. The van der Waals surface area contributed by atoms with E-state index in [0.717, 1.165) is 45.4 Å². The number of nitrogens with zero attached hydrogens (tertiary/aromatic N) is 1. The quantitative estimate of drug-likeness (QED) is 0.841. The van der Waals surface area contributed by atoms with E-state index in [0.29, 0.717) is 30.2 Å². The highest BCUT2D eigenvalue weighted by molar-refractivity contribution is 5.76. The molecule has 116 valence electrons. The maximum atomic E-state index is 12.3. The molecule has 1 aliphatic heterocycles. The van der Waals surface area contributed by atoms with Crippen molar-refractivity contribution < 1.29 is 9.53 Å². The van der Waals surface area contributed by atoms with Crippen molar-refractivity contribution in [3.05, 3.63) is 0 Å². The Labute approximate surface area is 123 Å². The molecule has 2 rings (SSSR count). The fraction of sp³-hybridized carbons (Fsp3) is 0.938. The highest BCUT2D eigenvalue weighted by atomic mass is 16.5. The largest absolute Gasteiger partial charge is 0.384 e. The lowest BCUT2D eigenvalue weighted by atomic mass is 9.83. The van der Waals surface area contributed by atoms with Crippen LogP contribution < -0.4 is 5.73 Å². The molecule has 0 bridgehead atoms. The molecule has 3 atom stereocenters. The molecule has 0 aromatic carbocycles. The van der Waals surface area contributed by atoms with Crippen LogP contribution in [0.15, 0.2) is 0 Å². The molecule has 1 saturated heterocycles. The van der Waals surface area contributed by atoms with Gasteiger partial charge in [-0.05, 0) is 43.9 Å². The molecule has 0 aromatic heterocycles. The van der Waals surface area contributed by atoms with Crippen LogP contribution in [0.3, 0.4) is 0 Å². The van der Waals surface area contributed by atoms with Gasteiger partial charge in [0, 0.05) is 32.7 Å². The molecule has 1 heterocycles. The molecule has 2 N–H and O–H groups in total. The third-order valence-corrected chi connectivity index (χ3v) is 4.86. The Bertz CT molecular complexity index is 307. The summed E-state index contributed by atoms with van der Waals surface area (Å²) in [7, 11) is 1.74. The molecular formula is C16H30N2O2. The Hall–Kier alpha value is -0.610. The van der Waals surface area contributed by atoms with E-state index in [9.17, 15) is 4.79 Å². The van der Waals surface area contributed by atoms with Gasteiger partial charge in [-0.2, -0.15) is 0 Å². The van der Waals surface area contributed by atoms with Crippen LogP contribution in [-0.4, -0.2) is 43.7 Å². The van der Waals surface area contributed by atoms with Gasteiger partial charge in [-0.1, -0.05) is 12.8 Å². The minimum Gasteiger partial charge on any atom is -0.384 e. The summed E-state index contributed by atoms with van der Waals surface area (Å²) in [5.41, 5.74) is 6.02. The zero-order valence-corrected chi connectivity index (χ0v) is 12.9. The summed E-state index contributed by atoms with van der Waals surface area (Å²) in [6.45, 7) is 2.60. The van der Waals surface area contributed by atoms with Crippen molar-refractivity contribution in [3.8, 4) is 0 Å². The molecule has 3 unspecified atom stereocenters. The molecule has 0 spiro atoms. The number of likely N-dealkylation sites (tertiary alicyclic amines) is 1. The monoisotopic (exact) mass is 282 g/mol. The van der Waals surface area contributed by atoms with Crippen LogP contribution in [0.1, 0.15) is 51.4 Å². The molecule has 20 heavy (non-hydrogen) atoms. The highest BCUT2D eigenvalue weighted by Crippen LogP contribution is 2.27. The van der Waals surface area contributed by atoms with Crippen molar-refractivity contribution in [1.82, 2.24) is 4.90 Å². The molecule has 1 amide bonds. The lowest BCUT2D eigenvalue weighted by Gasteiger charge is -2.33. The van der Waals surface area contributed by atoms with E-state index in [4.69, 9.17) is 10.5 Å². The van der Waals surface area contributed by atoms with Crippen molar-refractivity contribution in [2.45, 2.75) is 57.4 Å². The Morgan fingerprint density at radius 3 is 2.80 bits per heavy atom. The van der Waals surface area contributed by atoms with E-state index >= 15 is 0 Å². The first kappa shape index (κ1) is 15.8. The fourth-order valence-corrected chi connectivity index (χ4v) is 3.74. The van der Waals surface area contributed by atoms with E-state index < -0.39 is 0 Å². The summed E-state index contributed by atoms with van der Waals surface area (Å²) >= 11 is 0. The third kappa shape index (κ3) is 4.74. The van der Waals surface area contributed by atoms with Crippen LogP contribution in [0.4, 0.5) is 0 Å². The molecule has 1 saturated carbocycles. The number of hydrogen-bond donors (Lipinski definition) is 1. The summed E-state index contributed by atoms with van der Waals surface area (Å²) in [4.78, 5) is 14.4. The van der Waals surface area contributed by atoms with Crippen LogP contribution in [0, 0.1) is 11.8 Å². The minimum atomic E-state index is 0.338. The van der Waals surface area contributed by atoms with Gasteiger partial charge in [0.25, 0.3) is 0 Å². The number of nitrogens with two attached hydrogens (primary N) is 1. The third-order valence-electron chi connectivity index (χ3n) is 4.86. The standard InChI is InChI=1S/C16H30N2O2/c1-20-12-14-5-3-9-18(11-14)16(19)8-7-13-4-2-6-15(17)10-13/h13-15H,2-12,17H2,1H3. The molecule has 0 aromatic rings. The molecule has 2 fully saturated rings. The molecule has 4 nitrogen and oxygen atoms in total. The molecule has 4 heteroatoms. The van der Waals surface area contributed by atoms with Gasteiger partial charge >= 0.3 is 0 Å². The summed E-state index contributed by atoms with van der Waals surface area (Å²) < 4.78 is 5.22. The van der Waals surface area contributed by atoms with Crippen LogP contribution in [0.2, 0.25) is 0 Å². The summed E-state index contributed by atoms with van der Waals surface area (Å²) in [5.74, 6) is 1.54. The second kappa shape index (κ2) is 7.99. The molecule has 0 radical (unpaired) electrons. The minimum absolute atomic E-state index is 0.338. The van der Waals surface area contributed by atoms with E-state index in [2.05, 4.69) is 4.90 Å². The first-order valence-electron chi connectivity index (χ1n) is 8.21. The van der Waals surface area contributed by atoms with Crippen molar-refractivity contribution in [1.29, 1.82) is 0 Å². The number of piperidine rings is 1. The highest BCUT2D eigenvalue weighted by Gasteiger charge is 2.25. The van der Waals surface area contributed by atoms with Gasteiger partial charge < -0.3 is 15.4 Å². The second-order valence-electron chi connectivity index (χ2n) is 6.63. The van der Waals surface area contributed by atoms with Gasteiger partial charge in [0.15, 0.2) is 0 Å². The molecule has 1 aliphatic carbocycles. The number of carbonyl (C=O) groups is 1. The SMILES string of the molecule is COCC1CCCN(C(=O)CCC2CCCC(N)C2)C1. The van der Waals surface area contributed by atoms with Gasteiger partial charge in [0.1, 0.15) is 0 Å². The zero-order valence-electron chi connectivity index (χ0n) is 12.9. The van der Waals surface area contributed by atoms with Gasteiger partial charge in [0.05, 0.1) is 6.61 Å². The Balaban J connectivity index is 1.71. The van der Waals surface area contributed by atoms with E-state index in [1.165, 1.54) is 19.3 Å². The smallest absolute Gasteiger partial charge is 0.222 e. The number of amides is 1. The normalized spacial score (nSPS) is 31.3. The van der Waals surface area contributed by atoms with Crippen molar-refractivity contribution >= 4 is 5.91 Å². The number of ether oxygens (including phenoxy) is 1. The Kier molecular flexibility index (Phi) is 6.30. The van der Waals surface area contributed by atoms with Gasteiger partial charge in [-0.25, -0.2) is 0 Å². The number of rotatable bonds is 5. The average molecular weight is 282 g/mol. The lowest BCUT2D eigenvalue weighted by molar-refractivity contribution is -0.133. The van der Waals surface area contributed by atoms with Gasteiger partial charge in [-0.15, -0.1) is 0 Å². The number of hydrogen-bond acceptors (Lipinski definition) is 3. The number of carbonyl (C=O) groups excluding carboxylic acids is 1. The Morgan fingerprint density at radius 1 is 1.25 bits per heavy atom. The molecule has 2 aliphatic rings. The van der Waals surface area contributed by atoms with Crippen LogP contribution in [0.5, 0.6) is 0 Å². The van der Waals surface area contributed by atoms with Gasteiger partial charge in [-0.3, -0.25) is 4.79 Å². The van der Waals surface area contributed by atoms with Crippen LogP contribution in [-0.2, 0) is 9.53 Å².